The summed E-state index contributed by atoms with van der Waals surface area (Å²) in [6, 6.07) is 8.53. The number of hydrogen-bond acceptors (Lipinski definition) is 4. The van der Waals surface area contributed by atoms with E-state index in [1.54, 1.807) is 7.11 Å². The lowest BCUT2D eigenvalue weighted by atomic mass is 9.81. The Hall–Kier alpha value is -1.10. The lowest BCUT2D eigenvalue weighted by Gasteiger charge is -2.28. The maximum atomic E-state index is 5.94. The summed E-state index contributed by atoms with van der Waals surface area (Å²) in [4.78, 5) is 0. The summed E-state index contributed by atoms with van der Waals surface area (Å²) >= 11 is 0. The van der Waals surface area contributed by atoms with Crippen molar-refractivity contribution in [3.8, 4) is 5.75 Å². The van der Waals surface area contributed by atoms with Crippen LogP contribution in [0, 0.1) is 11.8 Å². The minimum absolute atomic E-state index is 0.256. The number of hydrogen-bond donors (Lipinski definition) is 2. The van der Waals surface area contributed by atoms with Crippen LogP contribution >= 0.6 is 0 Å². The Balaban J connectivity index is 1.95. The van der Waals surface area contributed by atoms with E-state index < -0.39 is 0 Å². The molecule has 21 heavy (non-hydrogen) atoms. The highest BCUT2D eigenvalue weighted by atomic mass is 16.5. The van der Waals surface area contributed by atoms with E-state index in [1.165, 1.54) is 5.56 Å². The minimum atomic E-state index is 0.256. The normalized spacial score (nSPS) is 30.3. The van der Waals surface area contributed by atoms with Crippen LogP contribution in [0.15, 0.2) is 24.3 Å². The molecule has 1 aliphatic rings. The van der Waals surface area contributed by atoms with Crippen molar-refractivity contribution in [2.24, 2.45) is 17.7 Å². The molecule has 0 spiro atoms. The van der Waals surface area contributed by atoms with Gasteiger partial charge in [0, 0.05) is 12.0 Å². The second-order valence-electron chi connectivity index (χ2n) is 6.14. The number of aryl methyl sites for hydroxylation is 1. The molecular weight excluding hydrogens is 264 g/mol. The van der Waals surface area contributed by atoms with Gasteiger partial charge in [-0.25, -0.2) is 0 Å². The van der Waals surface area contributed by atoms with Crippen molar-refractivity contribution >= 4 is 0 Å². The molecule has 1 saturated heterocycles. The molecule has 1 fully saturated rings. The van der Waals surface area contributed by atoms with Gasteiger partial charge in [0.05, 0.1) is 19.3 Å². The third-order valence-corrected chi connectivity index (χ3v) is 4.90. The van der Waals surface area contributed by atoms with Crippen LogP contribution in [0.4, 0.5) is 0 Å². The SMILES string of the molecule is COc1ccc(CCC(NN)C2C(C)OC(C)C2C)cc1. The van der Waals surface area contributed by atoms with Gasteiger partial charge in [0.2, 0.25) is 0 Å². The Kier molecular flexibility index (Phi) is 5.62. The van der Waals surface area contributed by atoms with E-state index >= 15 is 0 Å². The van der Waals surface area contributed by atoms with Gasteiger partial charge in [-0.2, -0.15) is 0 Å². The molecule has 0 amide bonds. The van der Waals surface area contributed by atoms with E-state index in [1.807, 2.05) is 12.1 Å². The number of nitrogens with two attached hydrogens (primary N) is 1. The standard InChI is InChI=1S/C17H28N2O2/c1-11-12(2)21-13(3)17(11)16(19-18)10-7-14-5-8-15(20-4)9-6-14/h5-6,8-9,11-13,16-17,19H,7,10,18H2,1-4H3. The highest BCUT2D eigenvalue weighted by Gasteiger charge is 2.41. The van der Waals surface area contributed by atoms with Crippen molar-refractivity contribution in [2.45, 2.75) is 51.9 Å². The number of methoxy groups -OCH3 is 1. The van der Waals surface area contributed by atoms with E-state index in [4.69, 9.17) is 15.3 Å². The van der Waals surface area contributed by atoms with Crippen molar-refractivity contribution in [1.29, 1.82) is 0 Å². The lowest BCUT2D eigenvalue weighted by Crippen LogP contribution is -2.45. The Labute approximate surface area is 128 Å². The highest BCUT2D eigenvalue weighted by Crippen LogP contribution is 2.35. The zero-order valence-electron chi connectivity index (χ0n) is 13.5. The Bertz CT molecular complexity index is 435. The maximum Gasteiger partial charge on any atom is 0.118 e. The minimum Gasteiger partial charge on any atom is -0.497 e. The smallest absolute Gasteiger partial charge is 0.118 e. The predicted molar refractivity (Wildman–Crippen MR) is 85.1 cm³/mol. The van der Waals surface area contributed by atoms with Crippen molar-refractivity contribution < 1.29 is 9.47 Å². The first-order chi connectivity index (χ1) is 10.1. The van der Waals surface area contributed by atoms with Crippen molar-refractivity contribution in [3.05, 3.63) is 29.8 Å². The fourth-order valence-corrected chi connectivity index (χ4v) is 3.49. The average molecular weight is 292 g/mol. The second kappa shape index (κ2) is 7.25. The molecule has 0 aromatic heterocycles. The predicted octanol–water partition coefficient (Wildman–Crippen LogP) is 2.52. The molecule has 1 aromatic rings. The maximum absolute atomic E-state index is 5.94. The van der Waals surface area contributed by atoms with Gasteiger partial charge in [0.25, 0.3) is 0 Å². The Morgan fingerprint density at radius 1 is 1.19 bits per heavy atom. The molecule has 2 rings (SSSR count). The molecule has 0 saturated carbocycles. The summed E-state index contributed by atoms with van der Waals surface area (Å²) in [6.45, 7) is 6.57. The monoisotopic (exact) mass is 292 g/mol. The summed E-state index contributed by atoms with van der Waals surface area (Å²) in [7, 11) is 1.69. The second-order valence-corrected chi connectivity index (χ2v) is 6.14. The highest BCUT2D eigenvalue weighted by molar-refractivity contribution is 5.27. The van der Waals surface area contributed by atoms with Crippen LogP contribution in [0.2, 0.25) is 0 Å². The summed E-state index contributed by atoms with van der Waals surface area (Å²) in [5, 5.41) is 0. The molecule has 118 valence electrons. The summed E-state index contributed by atoms with van der Waals surface area (Å²) in [5.41, 5.74) is 4.32. The summed E-state index contributed by atoms with van der Waals surface area (Å²) in [6.07, 6.45) is 2.58. The van der Waals surface area contributed by atoms with E-state index in [2.05, 4.69) is 38.3 Å². The molecule has 0 aliphatic carbocycles. The number of hydrazine groups is 1. The molecule has 5 unspecified atom stereocenters. The summed E-state index contributed by atoms with van der Waals surface area (Å²) in [5.74, 6) is 7.69. The van der Waals surface area contributed by atoms with E-state index in [0.29, 0.717) is 17.9 Å². The van der Waals surface area contributed by atoms with E-state index in [9.17, 15) is 0 Å². The Morgan fingerprint density at radius 2 is 1.86 bits per heavy atom. The molecular formula is C17H28N2O2. The van der Waals surface area contributed by atoms with Crippen LogP contribution in [0.25, 0.3) is 0 Å². The van der Waals surface area contributed by atoms with Gasteiger partial charge in [0.15, 0.2) is 0 Å². The Morgan fingerprint density at radius 3 is 2.33 bits per heavy atom. The number of nitrogens with one attached hydrogen (secondary N) is 1. The third kappa shape index (κ3) is 3.76. The van der Waals surface area contributed by atoms with Gasteiger partial charge >= 0.3 is 0 Å². The fourth-order valence-electron chi connectivity index (χ4n) is 3.49. The van der Waals surface area contributed by atoms with Crippen LogP contribution in [-0.2, 0) is 11.2 Å². The van der Waals surface area contributed by atoms with Gasteiger partial charge in [-0.1, -0.05) is 19.1 Å². The molecule has 5 atom stereocenters. The molecule has 0 radical (unpaired) electrons. The van der Waals surface area contributed by atoms with Crippen molar-refractivity contribution in [1.82, 2.24) is 5.43 Å². The number of ether oxygens (including phenoxy) is 2. The van der Waals surface area contributed by atoms with E-state index in [-0.39, 0.29) is 12.1 Å². The number of rotatable bonds is 6. The average Bonchev–Trinajstić information content (AvgIpc) is 2.75. The van der Waals surface area contributed by atoms with Crippen molar-refractivity contribution in [3.63, 3.8) is 0 Å². The molecule has 4 heteroatoms. The number of benzene rings is 1. The topological polar surface area (TPSA) is 56.5 Å². The molecule has 3 N–H and O–H groups in total. The first-order valence-corrected chi connectivity index (χ1v) is 7.81. The zero-order chi connectivity index (χ0) is 15.4. The van der Waals surface area contributed by atoms with Gasteiger partial charge < -0.3 is 9.47 Å². The summed E-state index contributed by atoms with van der Waals surface area (Å²) < 4.78 is 11.1. The molecule has 1 aromatic carbocycles. The third-order valence-electron chi connectivity index (χ3n) is 4.90. The zero-order valence-corrected chi connectivity index (χ0v) is 13.5. The van der Waals surface area contributed by atoms with Crippen LogP contribution in [0.1, 0.15) is 32.8 Å². The quantitative estimate of drug-likeness (QED) is 0.625. The van der Waals surface area contributed by atoms with Crippen LogP contribution in [-0.4, -0.2) is 25.4 Å². The molecule has 1 aliphatic heterocycles. The van der Waals surface area contributed by atoms with Crippen LogP contribution < -0.4 is 16.0 Å². The van der Waals surface area contributed by atoms with Gasteiger partial charge in [-0.15, -0.1) is 0 Å². The van der Waals surface area contributed by atoms with Gasteiger partial charge in [0.1, 0.15) is 5.75 Å². The lowest BCUT2D eigenvalue weighted by molar-refractivity contribution is 0.0472. The van der Waals surface area contributed by atoms with Crippen LogP contribution in [0.5, 0.6) is 5.75 Å². The van der Waals surface area contributed by atoms with Gasteiger partial charge in [-0.05, 0) is 50.3 Å². The molecule has 0 bridgehead atoms. The first kappa shape index (κ1) is 16.3. The van der Waals surface area contributed by atoms with Gasteiger partial charge in [-0.3, -0.25) is 11.3 Å². The largest absolute Gasteiger partial charge is 0.497 e. The fraction of sp³-hybridized carbons (Fsp3) is 0.647. The van der Waals surface area contributed by atoms with Crippen LogP contribution in [0.3, 0.4) is 0 Å². The van der Waals surface area contributed by atoms with Crippen molar-refractivity contribution in [2.75, 3.05) is 7.11 Å². The van der Waals surface area contributed by atoms with E-state index in [0.717, 1.165) is 18.6 Å². The molecule has 4 nitrogen and oxygen atoms in total. The molecule has 1 heterocycles. The first-order valence-electron chi connectivity index (χ1n) is 7.81.